The van der Waals surface area contributed by atoms with Gasteiger partial charge in [0.15, 0.2) is 5.84 Å². The van der Waals surface area contributed by atoms with Crippen LogP contribution in [0.15, 0.2) is 66.3 Å². The van der Waals surface area contributed by atoms with E-state index < -0.39 is 0 Å². The number of rotatable bonds is 6. The largest absolute Gasteiger partial charge is 0.404 e. The third-order valence-corrected chi connectivity index (χ3v) is 3.38. The molecule has 0 unspecified atom stereocenters. The normalized spacial score (nSPS) is 13.4. The van der Waals surface area contributed by atoms with Crippen molar-refractivity contribution < 1.29 is 0 Å². The zero-order valence-electron chi connectivity index (χ0n) is 13.8. The van der Waals surface area contributed by atoms with Crippen molar-refractivity contribution in [3.8, 4) is 0 Å². The van der Waals surface area contributed by atoms with E-state index in [1.165, 1.54) is 6.20 Å². The van der Waals surface area contributed by atoms with Crippen LogP contribution in [-0.2, 0) is 6.54 Å². The van der Waals surface area contributed by atoms with Crippen LogP contribution in [0, 0.1) is 0 Å². The highest BCUT2D eigenvalue weighted by Gasteiger charge is 2.09. The summed E-state index contributed by atoms with van der Waals surface area (Å²) in [5.41, 5.74) is 7.16. The molecule has 9 heteroatoms. The Morgan fingerprint density at radius 3 is 2.88 bits per heavy atom. The van der Waals surface area contributed by atoms with Gasteiger partial charge in [0.1, 0.15) is 11.3 Å². The molecule has 0 aliphatic carbocycles. The molecule has 0 saturated heterocycles. The van der Waals surface area contributed by atoms with Crippen molar-refractivity contribution >= 4 is 16.9 Å². The average molecular weight is 337 g/mol. The molecule has 0 aliphatic rings. The maximum atomic E-state index is 5.55. The summed E-state index contributed by atoms with van der Waals surface area (Å²) >= 11 is 0. The SMILES string of the molecule is C=C(/N=C(\C=C/N)n1nnc2ccccc21)N[C@@H](C)Cn1nccn1. The standard InChI is InChI=1S/C16H19N9/c1-12(11-24-18-9-10-19-24)20-13(2)21-16(7-8-17)25-15-6-4-3-5-14(15)22-23-25/h3-10,12,20H,2,11,17H2,1H3/b8-7-,21-16+/t12-/m0/s1. The first-order valence-electron chi connectivity index (χ1n) is 7.74. The smallest absolute Gasteiger partial charge is 0.159 e. The fourth-order valence-electron chi connectivity index (χ4n) is 2.36. The van der Waals surface area contributed by atoms with E-state index in [1.54, 1.807) is 27.9 Å². The van der Waals surface area contributed by atoms with Crippen molar-refractivity contribution in [3.05, 3.63) is 61.3 Å². The number of nitrogens with zero attached hydrogens (tertiary/aromatic N) is 7. The van der Waals surface area contributed by atoms with Crippen LogP contribution in [-0.4, -0.2) is 41.9 Å². The van der Waals surface area contributed by atoms with E-state index in [0.29, 0.717) is 18.2 Å². The van der Waals surface area contributed by atoms with E-state index in [0.717, 1.165) is 11.0 Å². The lowest BCUT2D eigenvalue weighted by Gasteiger charge is -2.14. The van der Waals surface area contributed by atoms with Gasteiger partial charge < -0.3 is 11.1 Å². The first-order chi connectivity index (χ1) is 12.2. The van der Waals surface area contributed by atoms with E-state index in [-0.39, 0.29) is 6.04 Å². The fourth-order valence-corrected chi connectivity index (χ4v) is 2.36. The molecule has 0 spiro atoms. The first kappa shape index (κ1) is 16.4. The van der Waals surface area contributed by atoms with Crippen LogP contribution in [0.4, 0.5) is 0 Å². The second-order valence-electron chi connectivity index (χ2n) is 5.40. The molecule has 0 radical (unpaired) electrons. The lowest BCUT2D eigenvalue weighted by Crippen LogP contribution is -2.30. The molecule has 1 atom stereocenters. The number of allylic oxidation sites excluding steroid dienone is 1. The summed E-state index contributed by atoms with van der Waals surface area (Å²) in [5, 5.41) is 19.6. The van der Waals surface area contributed by atoms with Gasteiger partial charge in [0, 0.05) is 6.04 Å². The number of nitrogens with one attached hydrogen (secondary N) is 1. The van der Waals surface area contributed by atoms with Crippen molar-refractivity contribution in [1.29, 1.82) is 0 Å². The summed E-state index contributed by atoms with van der Waals surface area (Å²) in [5.74, 6) is 0.991. The van der Waals surface area contributed by atoms with Gasteiger partial charge in [-0.3, -0.25) is 0 Å². The molecule has 25 heavy (non-hydrogen) atoms. The zero-order valence-corrected chi connectivity index (χ0v) is 13.8. The van der Waals surface area contributed by atoms with Crippen LogP contribution in [0.1, 0.15) is 6.92 Å². The summed E-state index contributed by atoms with van der Waals surface area (Å²) in [7, 11) is 0. The third-order valence-electron chi connectivity index (χ3n) is 3.38. The Labute approximate surface area is 144 Å². The topological polar surface area (TPSA) is 112 Å². The minimum absolute atomic E-state index is 0.0410. The van der Waals surface area contributed by atoms with E-state index >= 15 is 0 Å². The Balaban J connectivity index is 1.78. The molecule has 0 amide bonds. The predicted molar refractivity (Wildman–Crippen MR) is 95.4 cm³/mol. The Bertz CT molecular complexity index is 905. The Hall–Kier alpha value is -3.49. The van der Waals surface area contributed by atoms with Gasteiger partial charge in [0.25, 0.3) is 0 Å². The monoisotopic (exact) mass is 337 g/mol. The molecule has 0 saturated carbocycles. The minimum Gasteiger partial charge on any atom is -0.404 e. The van der Waals surface area contributed by atoms with Gasteiger partial charge in [-0.25, -0.2) is 4.99 Å². The summed E-state index contributed by atoms with van der Waals surface area (Å²) in [6.45, 7) is 6.54. The molecule has 0 bridgehead atoms. The summed E-state index contributed by atoms with van der Waals surface area (Å²) < 4.78 is 1.62. The van der Waals surface area contributed by atoms with E-state index in [9.17, 15) is 0 Å². The highest BCUT2D eigenvalue weighted by atomic mass is 15.5. The van der Waals surface area contributed by atoms with Crippen LogP contribution in [0.3, 0.4) is 0 Å². The molecule has 2 heterocycles. The van der Waals surface area contributed by atoms with Crippen molar-refractivity contribution in [3.63, 3.8) is 0 Å². The number of hydrogen-bond donors (Lipinski definition) is 2. The second-order valence-corrected chi connectivity index (χ2v) is 5.40. The summed E-state index contributed by atoms with van der Waals surface area (Å²) in [4.78, 5) is 6.08. The quantitative estimate of drug-likeness (QED) is 0.510. The van der Waals surface area contributed by atoms with Gasteiger partial charge in [0.2, 0.25) is 0 Å². The lowest BCUT2D eigenvalue weighted by atomic mass is 10.3. The van der Waals surface area contributed by atoms with Gasteiger partial charge in [-0.2, -0.15) is 19.7 Å². The summed E-state index contributed by atoms with van der Waals surface area (Å²) in [6.07, 6.45) is 6.33. The number of nitrogens with two attached hydrogens (primary N) is 1. The van der Waals surface area contributed by atoms with Crippen LogP contribution >= 0.6 is 0 Å². The number of fused-ring (bicyclic) bond motifs is 1. The Morgan fingerprint density at radius 1 is 1.36 bits per heavy atom. The number of aromatic nitrogens is 6. The van der Waals surface area contributed by atoms with Gasteiger partial charge in [-0.15, -0.1) is 5.10 Å². The van der Waals surface area contributed by atoms with Crippen molar-refractivity contribution in [2.24, 2.45) is 10.7 Å². The number of para-hydroxylation sites is 1. The second kappa shape index (κ2) is 7.39. The minimum atomic E-state index is 0.0410. The molecular formula is C16H19N9. The van der Waals surface area contributed by atoms with Crippen LogP contribution in [0.5, 0.6) is 0 Å². The van der Waals surface area contributed by atoms with E-state index in [1.807, 2.05) is 31.2 Å². The van der Waals surface area contributed by atoms with Crippen molar-refractivity contribution in [2.75, 3.05) is 0 Å². The molecule has 2 aromatic heterocycles. The lowest BCUT2D eigenvalue weighted by molar-refractivity contribution is 0.442. The van der Waals surface area contributed by atoms with Crippen molar-refractivity contribution in [1.82, 2.24) is 35.3 Å². The third kappa shape index (κ3) is 3.89. The highest BCUT2D eigenvalue weighted by Crippen LogP contribution is 2.10. The Kier molecular flexibility index (Phi) is 4.84. The van der Waals surface area contributed by atoms with Gasteiger partial charge in [-0.1, -0.05) is 23.9 Å². The molecule has 9 nitrogen and oxygen atoms in total. The average Bonchev–Trinajstić information content (AvgIpc) is 3.23. The number of hydrogen-bond acceptors (Lipinski definition) is 7. The van der Waals surface area contributed by atoms with E-state index in [2.05, 4.69) is 37.4 Å². The van der Waals surface area contributed by atoms with Gasteiger partial charge in [-0.05, 0) is 31.3 Å². The number of benzene rings is 1. The molecule has 0 fully saturated rings. The zero-order chi connectivity index (χ0) is 17.6. The molecule has 3 N–H and O–H groups in total. The van der Waals surface area contributed by atoms with Gasteiger partial charge in [0.05, 0.1) is 24.5 Å². The molecule has 3 aromatic rings. The summed E-state index contributed by atoms with van der Waals surface area (Å²) in [6, 6.07) is 7.66. The van der Waals surface area contributed by atoms with Crippen LogP contribution in [0.2, 0.25) is 0 Å². The molecule has 128 valence electrons. The van der Waals surface area contributed by atoms with Crippen LogP contribution in [0.25, 0.3) is 11.0 Å². The Morgan fingerprint density at radius 2 is 2.12 bits per heavy atom. The number of aliphatic imine (C=N–C) groups is 1. The maximum Gasteiger partial charge on any atom is 0.159 e. The van der Waals surface area contributed by atoms with Gasteiger partial charge >= 0.3 is 0 Å². The van der Waals surface area contributed by atoms with Crippen LogP contribution < -0.4 is 11.1 Å². The maximum absolute atomic E-state index is 5.55. The first-order valence-corrected chi connectivity index (χ1v) is 7.74. The van der Waals surface area contributed by atoms with E-state index in [4.69, 9.17) is 5.73 Å². The van der Waals surface area contributed by atoms with Crippen molar-refractivity contribution in [2.45, 2.75) is 19.5 Å². The molecule has 1 aromatic carbocycles. The molecule has 3 rings (SSSR count). The highest BCUT2D eigenvalue weighted by molar-refractivity contribution is 5.99. The predicted octanol–water partition coefficient (Wildman–Crippen LogP) is 0.891. The fraction of sp³-hybridized carbons (Fsp3) is 0.188. The molecular weight excluding hydrogens is 318 g/mol. The molecule has 0 aliphatic heterocycles.